The third-order valence-corrected chi connectivity index (χ3v) is 4.91. The van der Waals surface area contributed by atoms with Gasteiger partial charge in [0.15, 0.2) is 0 Å². The molecule has 3 aromatic rings. The molecule has 0 aliphatic carbocycles. The first-order valence-corrected chi connectivity index (χ1v) is 9.32. The van der Waals surface area contributed by atoms with Gasteiger partial charge >= 0.3 is 6.18 Å². The van der Waals surface area contributed by atoms with E-state index in [1.54, 1.807) is 0 Å². The maximum absolute atomic E-state index is 12.7. The van der Waals surface area contributed by atoms with Crippen molar-refractivity contribution in [1.82, 2.24) is 9.27 Å². The van der Waals surface area contributed by atoms with Crippen LogP contribution < -0.4 is 0 Å². The Labute approximate surface area is 160 Å². The van der Waals surface area contributed by atoms with E-state index in [9.17, 15) is 13.2 Å². The van der Waals surface area contributed by atoms with Gasteiger partial charge in [-0.25, -0.2) is 0 Å². The molecule has 0 spiro atoms. The number of aromatic nitrogens is 1. The van der Waals surface area contributed by atoms with E-state index in [0.717, 1.165) is 47.2 Å². The fourth-order valence-electron chi connectivity index (χ4n) is 2.69. The summed E-state index contributed by atoms with van der Waals surface area (Å²) in [6, 6.07) is 11.0. The fraction of sp³-hybridized carbons (Fsp3) is 0.286. The first-order valence-electron chi connectivity index (χ1n) is 8.55. The number of hydrogen-bond donors (Lipinski definition) is 0. The van der Waals surface area contributed by atoms with Gasteiger partial charge in [0.25, 0.3) is 0 Å². The zero-order chi connectivity index (χ0) is 19.4. The molecular formula is C21H19F3N2S. The molecule has 0 radical (unpaired) electrons. The minimum Gasteiger partial charge on any atom is -0.309 e. The topological polar surface area (TPSA) is 16.1 Å². The Balaban J connectivity index is 1.79. The second kappa shape index (κ2) is 8.12. The predicted molar refractivity (Wildman–Crippen MR) is 105 cm³/mol. The third kappa shape index (κ3) is 4.88. The lowest BCUT2D eigenvalue weighted by atomic mass is 10.0. The summed E-state index contributed by atoms with van der Waals surface area (Å²) in [5.41, 5.74) is 1.65. The summed E-state index contributed by atoms with van der Waals surface area (Å²) in [7, 11) is 4.08. The van der Waals surface area contributed by atoms with Crippen LogP contribution in [0.4, 0.5) is 13.2 Å². The number of alkyl halides is 3. The van der Waals surface area contributed by atoms with Gasteiger partial charge < -0.3 is 4.90 Å². The van der Waals surface area contributed by atoms with Gasteiger partial charge in [0.05, 0.1) is 16.0 Å². The van der Waals surface area contributed by atoms with Gasteiger partial charge in [0, 0.05) is 22.9 Å². The van der Waals surface area contributed by atoms with Crippen molar-refractivity contribution in [1.29, 1.82) is 0 Å². The monoisotopic (exact) mass is 388 g/mol. The highest BCUT2D eigenvalue weighted by molar-refractivity contribution is 7.13. The molecule has 3 rings (SSSR count). The van der Waals surface area contributed by atoms with Gasteiger partial charge in [-0.05, 0) is 62.9 Å². The summed E-state index contributed by atoms with van der Waals surface area (Å²) < 4.78 is 43.6. The van der Waals surface area contributed by atoms with Crippen molar-refractivity contribution in [2.75, 3.05) is 20.6 Å². The van der Waals surface area contributed by atoms with Crippen molar-refractivity contribution in [2.45, 2.75) is 19.0 Å². The SMILES string of the molecule is CN(C)CCCC#Cc1ccc2c(-c3ccc(C(F)(F)F)cc3)nsc2c1. The Kier molecular flexibility index (Phi) is 5.83. The third-order valence-electron chi connectivity index (χ3n) is 4.10. The molecule has 0 saturated heterocycles. The van der Waals surface area contributed by atoms with Gasteiger partial charge in [-0.2, -0.15) is 17.5 Å². The van der Waals surface area contributed by atoms with E-state index >= 15 is 0 Å². The lowest BCUT2D eigenvalue weighted by Gasteiger charge is -2.06. The van der Waals surface area contributed by atoms with Crippen molar-refractivity contribution in [2.24, 2.45) is 0 Å². The molecule has 0 amide bonds. The number of hydrogen-bond acceptors (Lipinski definition) is 3. The van der Waals surface area contributed by atoms with Crippen LogP contribution >= 0.6 is 11.5 Å². The molecule has 6 heteroatoms. The molecule has 0 aliphatic heterocycles. The molecule has 0 fully saturated rings. The Bertz CT molecular complexity index is 977. The average Bonchev–Trinajstić information content (AvgIpc) is 3.04. The van der Waals surface area contributed by atoms with E-state index in [4.69, 9.17) is 0 Å². The van der Waals surface area contributed by atoms with E-state index in [2.05, 4.69) is 21.1 Å². The van der Waals surface area contributed by atoms with Gasteiger partial charge in [-0.3, -0.25) is 0 Å². The van der Waals surface area contributed by atoms with Crippen LogP contribution in [0.15, 0.2) is 42.5 Å². The quantitative estimate of drug-likeness (QED) is 0.423. The maximum Gasteiger partial charge on any atom is 0.416 e. The molecule has 0 atom stereocenters. The number of unbranched alkanes of at least 4 members (excludes halogenated alkanes) is 1. The highest BCUT2D eigenvalue weighted by atomic mass is 32.1. The van der Waals surface area contributed by atoms with Crippen LogP contribution in [0.1, 0.15) is 24.0 Å². The summed E-state index contributed by atoms with van der Waals surface area (Å²) in [4.78, 5) is 2.13. The first kappa shape index (κ1) is 19.4. The normalized spacial score (nSPS) is 11.6. The molecular weight excluding hydrogens is 369 g/mol. The van der Waals surface area contributed by atoms with Gasteiger partial charge in [-0.15, -0.1) is 0 Å². The van der Waals surface area contributed by atoms with Crippen LogP contribution in [0.5, 0.6) is 0 Å². The zero-order valence-corrected chi connectivity index (χ0v) is 15.9. The first-order chi connectivity index (χ1) is 12.8. The Hall–Kier alpha value is -2.36. The molecule has 1 aromatic heterocycles. The molecule has 0 bridgehead atoms. The van der Waals surface area contributed by atoms with Crippen LogP contribution in [0, 0.1) is 11.8 Å². The Morgan fingerprint density at radius 2 is 1.81 bits per heavy atom. The average molecular weight is 388 g/mol. The van der Waals surface area contributed by atoms with Crippen molar-refractivity contribution < 1.29 is 13.2 Å². The molecule has 2 nitrogen and oxygen atoms in total. The summed E-state index contributed by atoms with van der Waals surface area (Å²) >= 11 is 1.33. The lowest BCUT2D eigenvalue weighted by molar-refractivity contribution is -0.137. The minimum atomic E-state index is -4.33. The summed E-state index contributed by atoms with van der Waals surface area (Å²) in [5, 5.41) is 0.929. The summed E-state index contributed by atoms with van der Waals surface area (Å²) in [5.74, 6) is 6.35. The van der Waals surface area contributed by atoms with E-state index in [1.807, 2.05) is 32.3 Å². The van der Waals surface area contributed by atoms with E-state index in [0.29, 0.717) is 11.3 Å². The molecule has 27 heavy (non-hydrogen) atoms. The number of halogens is 3. The van der Waals surface area contributed by atoms with Crippen LogP contribution in [0.2, 0.25) is 0 Å². The largest absolute Gasteiger partial charge is 0.416 e. The van der Waals surface area contributed by atoms with Gasteiger partial charge in [0.1, 0.15) is 0 Å². The fourth-order valence-corrected chi connectivity index (χ4v) is 3.52. The van der Waals surface area contributed by atoms with E-state index in [-0.39, 0.29) is 0 Å². The van der Waals surface area contributed by atoms with E-state index in [1.165, 1.54) is 23.7 Å². The van der Waals surface area contributed by atoms with Crippen molar-refractivity contribution >= 4 is 21.6 Å². The lowest BCUT2D eigenvalue weighted by Crippen LogP contribution is -2.12. The van der Waals surface area contributed by atoms with Crippen molar-refractivity contribution in [3.63, 3.8) is 0 Å². The number of nitrogens with zero attached hydrogens (tertiary/aromatic N) is 2. The van der Waals surface area contributed by atoms with Crippen LogP contribution in [0.3, 0.4) is 0 Å². The highest BCUT2D eigenvalue weighted by Crippen LogP contribution is 2.34. The number of benzene rings is 2. The minimum absolute atomic E-state index is 0.655. The Morgan fingerprint density at radius 3 is 2.48 bits per heavy atom. The van der Waals surface area contributed by atoms with Crippen molar-refractivity contribution in [3.05, 3.63) is 53.6 Å². The van der Waals surface area contributed by atoms with Crippen LogP contribution in [-0.4, -0.2) is 29.9 Å². The highest BCUT2D eigenvalue weighted by Gasteiger charge is 2.30. The van der Waals surface area contributed by atoms with Crippen LogP contribution in [0.25, 0.3) is 21.3 Å². The molecule has 140 valence electrons. The molecule has 0 N–H and O–H groups in total. The molecule has 0 saturated carbocycles. The van der Waals surface area contributed by atoms with Crippen molar-refractivity contribution in [3.8, 4) is 23.1 Å². The second-order valence-electron chi connectivity index (χ2n) is 6.53. The summed E-state index contributed by atoms with van der Waals surface area (Å²) in [6.07, 6.45) is -2.46. The molecule has 0 aliphatic rings. The molecule has 2 aromatic carbocycles. The number of rotatable bonds is 4. The zero-order valence-electron chi connectivity index (χ0n) is 15.1. The maximum atomic E-state index is 12.7. The smallest absolute Gasteiger partial charge is 0.309 e. The second-order valence-corrected chi connectivity index (χ2v) is 7.33. The van der Waals surface area contributed by atoms with Gasteiger partial charge in [-0.1, -0.05) is 30.0 Å². The van der Waals surface area contributed by atoms with Gasteiger partial charge in [0.2, 0.25) is 0 Å². The number of fused-ring (bicyclic) bond motifs is 1. The molecule has 0 unspecified atom stereocenters. The predicted octanol–water partition coefficient (Wildman–Crippen LogP) is 5.68. The molecule has 1 heterocycles. The van der Waals surface area contributed by atoms with E-state index < -0.39 is 11.7 Å². The standard InChI is InChI=1S/C21H19F3N2S/c1-26(2)13-5-3-4-6-15-7-12-18-19(14-15)27-25-20(18)16-8-10-17(11-9-16)21(22,23)24/h7-12,14H,3,5,13H2,1-2H3. The Morgan fingerprint density at radius 1 is 1.07 bits per heavy atom. The summed E-state index contributed by atoms with van der Waals surface area (Å²) in [6.45, 7) is 1.01. The van der Waals surface area contributed by atoms with Crippen LogP contribution in [-0.2, 0) is 6.18 Å².